The molecule has 59 heavy (non-hydrogen) atoms. The lowest BCUT2D eigenvalue weighted by Gasteiger charge is -2.21. The fourth-order valence-corrected chi connectivity index (χ4v) is 14.1. The lowest BCUT2D eigenvalue weighted by molar-refractivity contribution is 0.667. The van der Waals surface area contributed by atoms with Gasteiger partial charge in [0.15, 0.2) is 0 Å². The third-order valence-corrected chi connectivity index (χ3v) is 16.7. The van der Waals surface area contributed by atoms with E-state index in [4.69, 9.17) is 0 Å². The molecule has 0 bridgehead atoms. The number of rotatable bonds is 2. The van der Waals surface area contributed by atoms with Crippen molar-refractivity contribution in [3.05, 3.63) is 190 Å². The van der Waals surface area contributed by atoms with Crippen molar-refractivity contribution in [3.63, 3.8) is 0 Å². The van der Waals surface area contributed by atoms with Crippen molar-refractivity contribution < 1.29 is 0 Å². The summed E-state index contributed by atoms with van der Waals surface area (Å²) in [5, 5.41) is 11.8. The molecular weight excluding hydrogens is 819 g/mol. The molecule has 0 aliphatic heterocycles. The minimum atomic E-state index is 0.0167. The van der Waals surface area contributed by atoms with E-state index in [1.54, 1.807) is 0 Å². The number of thiophene rings is 2. The standard InChI is InChI=1S/C28H20S.C27H20BrNS/c1-28(2)24-10-6-5-9-20(24)27-25(28)21-14-13-19-18-12-11-16-7-3-4-8-17(16)22(18)15-23(19)26(21)29-27;1-27(2)20-12-6-5-10-18(20)26-23(27)19-11-7-13-22(25(19)30-26)29-24-17-9-4-3-8-16(17)14-15-21(24)28/h3-14H,15H2,1-2H3;3-15,29H,1-2H3. The molecule has 0 radical (unpaired) electrons. The summed E-state index contributed by atoms with van der Waals surface area (Å²) in [7, 11) is 0. The molecule has 3 aliphatic rings. The monoisotopic (exact) mass is 857 g/mol. The van der Waals surface area contributed by atoms with Gasteiger partial charge in [-0.25, -0.2) is 0 Å². The highest BCUT2D eigenvalue weighted by Gasteiger charge is 2.40. The van der Waals surface area contributed by atoms with Crippen LogP contribution in [0.3, 0.4) is 0 Å². The van der Waals surface area contributed by atoms with Gasteiger partial charge in [-0.05, 0) is 111 Å². The second kappa shape index (κ2) is 12.7. The van der Waals surface area contributed by atoms with E-state index in [1.807, 2.05) is 22.7 Å². The Labute approximate surface area is 361 Å². The predicted octanol–water partition coefficient (Wildman–Crippen LogP) is 16.8. The van der Waals surface area contributed by atoms with Gasteiger partial charge in [0, 0.05) is 41.6 Å². The van der Waals surface area contributed by atoms with Crippen molar-refractivity contribution in [1.29, 1.82) is 0 Å². The average Bonchev–Trinajstić information content (AvgIpc) is 4.05. The van der Waals surface area contributed by atoms with E-state index in [0.717, 1.165) is 22.3 Å². The van der Waals surface area contributed by atoms with E-state index in [0.29, 0.717) is 0 Å². The van der Waals surface area contributed by atoms with Crippen molar-refractivity contribution in [1.82, 2.24) is 0 Å². The summed E-state index contributed by atoms with van der Waals surface area (Å²) in [6.07, 6.45) is 1.05. The first-order valence-corrected chi connectivity index (χ1v) is 22.9. The van der Waals surface area contributed by atoms with Crippen LogP contribution in [0.1, 0.15) is 61.1 Å². The van der Waals surface area contributed by atoms with Gasteiger partial charge in [0.2, 0.25) is 0 Å². The number of nitrogens with one attached hydrogen (secondary N) is 1. The van der Waals surface area contributed by atoms with E-state index < -0.39 is 0 Å². The molecule has 2 aromatic heterocycles. The van der Waals surface area contributed by atoms with Gasteiger partial charge in [-0.3, -0.25) is 0 Å². The summed E-state index contributed by atoms with van der Waals surface area (Å²) in [5.41, 5.74) is 17.0. The number of halogens is 1. The molecule has 8 aromatic carbocycles. The van der Waals surface area contributed by atoms with Crippen LogP contribution in [0.15, 0.2) is 156 Å². The van der Waals surface area contributed by atoms with E-state index >= 15 is 0 Å². The fourth-order valence-electron chi connectivity index (χ4n) is 10.7. The van der Waals surface area contributed by atoms with E-state index in [9.17, 15) is 0 Å². The highest BCUT2D eigenvalue weighted by molar-refractivity contribution is 9.10. The zero-order valence-electron chi connectivity index (χ0n) is 33.3. The van der Waals surface area contributed by atoms with Crippen molar-refractivity contribution in [2.75, 3.05) is 5.32 Å². The molecule has 0 atom stereocenters. The van der Waals surface area contributed by atoms with Crippen LogP contribution in [0.2, 0.25) is 0 Å². The summed E-state index contributed by atoms with van der Waals surface area (Å²) in [6, 6.07) is 55.5. The summed E-state index contributed by atoms with van der Waals surface area (Å²) in [4.78, 5) is 2.90. The molecule has 0 saturated carbocycles. The van der Waals surface area contributed by atoms with Crippen LogP contribution >= 0.6 is 38.6 Å². The molecule has 1 N–H and O–H groups in total. The third-order valence-electron chi connectivity index (χ3n) is 13.4. The highest BCUT2D eigenvalue weighted by Crippen LogP contribution is 2.58. The Bertz CT molecular complexity index is 3410. The van der Waals surface area contributed by atoms with Crippen LogP contribution in [-0.4, -0.2) is 0 Å². The maximum Gasteiger partial charge on any atom is 0.0608 e. The Morgan fingerprint density at radius 1 is 0.458 bits per heavy atom. The molecule has 0 saturated heterocycles. The maximum atomic E-state index is 3.76. The molecular formula is C55H40BrNS2. The topological polar surface area (TPSA) is 12.0 Å². The van der Waals surface area contributed by atoms with Gasteiger partial charge in [0.1, 0.15) is 0 Å². The van der Waals surface area contributed by atoms with Gasteiger partial charge in [0.25, 0.3) is 0 Å². The largest absolute Gasteiger partial charge is 0.353 e. The predicted molar refractivity (Wildman–Crippen MR) is 259 cm³/mol. The molecule has 0 spiro atoms. The maximum absolute atomic E-state index is 3.76. The number of hydrogen-bond donors (Lipinski definition) is 1. The van der Waals surface area contributed by atoms with Gasteiger partial charge < -0.3 is 5.32 Å². The highest BCUT2D eigenvalue weighted by atomic mass is 79.9. The Balaban J connectivity index is 0.000000128. The van der Waals surface area contributed by atoms with Gasteiger partial charge >= 0.3 is 0 Å². The average molecular weight is 859 g/mol. The van der Waals surface area contributed by atoms with Crippen LogP contribution in [0.4, 0.5) is 11.4 Å². The molecule has 1 nitrogen and oxygen atoms in total. The van der Waals surface area contributed by atoms with Crippen LogP contribution in [0.25, 0.3) is 73.7 Å². The molecule has 10 aromatic rings. The van der Waals surface area contributed by atoms with Gasteiger partial charge in [0.05, 0.1) is 16.1 Å². The zero-order chi connectivity index (χ0) is 39.8. The number of anilines is 2. The van der Waals surface area contributed by atoms with Crippen LogP contribution in [0.5, 0.6) is 0 Å². The van der Waals surface area contributed by atoms with Crippen LogP contribution < -0.4 is 5.32 Å². The molecule has 13 rings (SSSR count). The zero-order valence-corrected chi connectivity index (χ0v) is 36.6. The smallest absolute Gasteiger partial charge is 0.0608 e. The SMILES string of the molecule is CC1(C)c2ccccc2-c2sc3c(Nc4c(Br)ccc5ccccc45)cccc3c21.CC1(C)c2ccccc2-c2sc3c4c(ccc3c21)-c1ccc2ccccc2c1C4. The molecule has 0 fully saturated rings. The van der Waals surface area contributed by atoms with Gasteiger partial charge in [-0.1, -0.05) is 167 Å². The number of fused-ring (bicyclic) bond motifs is 17. The quantitative estimate of drug-likeness (QED) is 0.183. The molecule has 0 amide bonds. The molecule has 284 valence electrons. The lowest BCUT2D eigenvalue weighted by atomic mass is 9.81. The second-order valence-electron chi connectivity index (χ2n) is 17.4. The lowest BCUT2D eigenvalue weighted by Crippen LogP contribution is -2.14. The fraction of sp³-hybridized carbons (Fsp3) is 0.127. The van der Waals surface area contributed by atoms with Gasteiger partial charge in [-0.15, -0.1) is 22.7 Å². The minimum Gasteiger partial charge on any atom is -0.353 e. The number of benzene rings is 8. The normalized spacial score (nSPS) is 14.7. The van der Waals surface area contributed by atoms with Crippen LogP contribution in [0, 0.1) is 0 Å². The summed E-state index contributed by atoms with van der Waals surface area (Å²) in [6.45, 7) is 9.48. The first-order valence-electron chi connectivity index (χ1n) is 20.5. The van der Waals surface area contributed by atoms with E-state index in [1.165, 1.54) is 107 Å². The van der Waals surface area contributed by atoms with Crippen molar-refractivity contribution >= 4 is 91.7 Å². The van der Waals surface area contributed by atoms with Crippen molar-refractivity contribution in [2.24, 2.45) is 0 Å². The van der Waals surface area contributed by atoms with E-state index in [-0.39, 0.29) is 10.8 Å². The van der Waals surface area contributed by atoms with Crippen LogP contribution in [-0.2, 0) is 17.3 Å². The molecule has 0 unspecified atom stereocenters. The number of hydrogen-bond acceptors (Lipinski definition) is 3. The summed E-state index contributed by atoms with van der Waals surface area (Å²) in [5.74, 6) is 0. The molecule has 4 heteroatoms. The first-order chi connectivity index (χ1) is 28.7. The third kappa shape index (κ3) is 5.00. The van der Waals surface area contributed by atoms with Gasteiger partial charge in [-0.2, -0.15) is 0 Å². The Kier molecular flexibility index (Phi) is 7.65. The Hall–Kier alpha value is -5.52. The summed E-state index contributed by atoms with van der Waals surface area (Å²) < 4.78 is 3.90. The second-order valence-corrected chi connectivity index (χ2v) is 20.3. The summed E-state index contributed by atoms with van der Waals surface area (Å²) >= 11 is 7.69. The first kappa shape index (κ1) is 35.4. The molecule has 2 heterocycles. The van der Waals surface area contributed by atoms with Crippen molar-refractivity contribution in [2.45, 2.75) is 44.9 Å². The van der Waals surface area contributed by atoms with Crippen molar-refractivity contribution in [3.8, 4) is 32.0 Å². The minimum absolute atomic E-state index is 0.0167. The Morgan fingerprint density at radius 2 is 0.983 bits per heavy atom. The van der Waals surface area contributed by atoms with E-state index in [2.05, 4.69) is 201 Å². The Morgan fingerprint density at radius 3 is 1.69 bits per heavy atom. The molecule has 3 aliphatic carbocycles.